The molecule has 2 heterocycles. The Morgan fingerprint density at radius 3 is 3.00 bits per heavy atom. The van der Waals surface area contributed by atoms with Crippen LogP contribution in [0.25, 0.3) is 10.9 Å². The number of amides is 2. The van der Waals surface area contributed by atoms with Gasteiger partial charge in [-0.2, -0.15) is 0 Å². The number of benzene rings is 1. The number of ether oxygens (including phenoxy) is 1. The minimum Gasteiger partial charge on any atom is -0.376 e. The molecule has 7 nitrogen and oxygen atoms in total. The summed E-state index contributed by atoms with van der Waals surface area (Å²) < 4.78 is 7.62. The minimum atomic E-state index is -0.719. The number of carbonyl (C=O) groups is 2. The second-order valence-corrected chi connectivity index (χ2v) is 6.08. The summed E-state index contributed by atoms with van der Waals surface area (Å²) in [4.78, 5) is 30.4. The maximum atomic E-state index is 12.9. The van der Waals surface area contributed by atoms with Crippen LogP contribution in [0.3, 0.4) is 0 Å². The molecule has 3 rings (SSSR count). The van der Waals surface area contributed by atoms with Crippen LogP contribution >= 0.6 is 0 Å². The molecule has 0 spiro atoms. The predicted octanol–water partition coefficient (Wildman–Crippen LogP) is 1.74. The van der Waals surface area contributed by atoms with E-state index in [1.165, 1.54) is 14.2 Å². The van der Waals surface area contributed by atoms with Crippen LogP contribution in [0, 0.1) is 0 Å². The molecule has 0 unspecified atom stereocenters. The van der Waals surface area contributed by atoms with Gasteiger partial charge < -0.3 is 14.6 Å². The van der Waals surface area contributed by atoms with Crippen molar-refractivity contribution in [2.75, 3.05) is 27.4 Å². The van der Waals surface area contributed by atoms with Gasteiger partial charge in [0.1, 0.15) is 6.04 Å². The van der Waals surface area contributed by atoms with Crippen molar-refractivity contribution in [2.45, 2.75) is 19.0 Å². The van der Waals surface area contributed by atoms with E-state index in [0.717, 1.165) is 16.0 Å². The molecule has 0 radical (unpaired) electrons. The molecular weight excluding hydrogens is 334 g/mol. The van der Waals surface area contributed by atoms with E-state index < -0.39 is 6.04 Å². The van der Waals surface area contributed by atoms with Crippen molar-refractivity contribution in [1.82, 2.24) is 14.9 Å². The average Bonchev–Trinajstić information content (AvgIpc) is 3.07. The molecule has 0 saturated carbocycles. The molecule has 0 aliphatic carbocycles. The summed E-state index contributed by atoms with van der Waals surface area (Å²) in [5.41, 5.74) is 1.38. The van der Waals surface area contributed by atoms with E-state index in [-0.39, 0.29) is 11.8 Å². The number of nitrogens with one attached hydrogen (secondary N) is 1. The Labute approximate surface area is 152 Å². The first-order valence-electron chi connectivity index (χ1n) is 8.55. The van der Waals surface area contributed by atoms with Gasteiger partial charge in [-0.15, -0.1) is 0 Å². The lowest BCUT2D eigenvalue weighted by Gasteiger charge is -2.22. The quantitative estimate of drug-likeness (QED) is 0.656. The zero-order valence-electron chi connectivity index (χ0n) is 15.0. The first kappa shape index (κ1) is 18.2. The van der Waals surface area contributed by atoms with Crippen LogP contribution in [-0.4, -0.2) is 54.9 Å². The van der Waals surface area contributed by atoms with Gasteiger partial charge in [-0.3, -0.25) is 14.4 Å². The monoisotopic (exact) mass is 357 g/mol. The first-order valence-corrected chi connectivity index (χ1v) is 8.55. The molecule has 2 amide bonds. The third kappa shape index (κ3) is 3.79. The number of rotatable bonds is 2. The Kier molecular flexibility index (Phi) is 5.70. The molecule has 1 atom stereocenters. The number of carbonyl (C=O) groups excluding carboxylic acids is 2. The van der Waals surface area contributed by atoms with Gasteiger partial charge in [0.25, 0.3) is 11.8 Å². The van der Waals surface area contributed by atoms with E-state index in [9.17, 15) is 9.59 Å². The van der Waals surface area contributed by atoms with Crippen LogP contribution in [-0.2, 0) is 20.9 Å². The maximum Gasteiger partial charge on any atom is 0.268 e. The van der Waals surface area contributed by atoms with Gasteiger partial charge >= 0.3 is 0 Å². The van der Waals surface area contributed by atoms with Gasteiger partial charge in [-0.1, -0.05) is 24.3 Å². The van der Waals surface area contributed by atoms with Crippen molar-refractivity contribution in [2.24, 2.45) is 0 Å². The number of hydrogen-bond acceptors (Lipinski definition) is 4. The fraction of sp³-hybridized carbons (Fsp3) is 0.368. The molecule has 138 valence electrons. The van der Waals surface area contributed by atoms with E-state index in [1.807, 2.05) is 41.1 Å². The predicted molar refractivity (Wildman–Crippen MR) is 97.5 cm³/mol. The van der Waals surface area contributed by atoms with Crippen LogP contribution in [0.5, 0.6) is 0 Å². The summed E-state index contributed by atoms with van der Waals surface area (Å²) in [6.45, 7) is 1.65. The fourth-order valence-electron chi connectivity index (χ4n) is 3.01. The van der Waals surface area contributed by atoms with Crippen molar-refractivity contribution in [3.63, 3.8) is 0 Å². The SMILES string of the molecule is CON(C)C(=O)[C@@H]1C/C=C\COCCn2ccc3cccc(c32)C(=O)N1. The molecule has 1 N–H and O–H groups in total. The van der Waals surface area contributed by atoms with Crippen molar-refractivity contribution in [3.8, 4) is 0 Å². The number of aromatic nitrogens is 1. The molecule has 0 saturated heterocycles. The normalized spacial score (nSPS) is 19.8. The van der Waals surface area contributed by atoms with Gasteiger partial charge in [-0.05, 0) is 18.6 Å². The molecule has 1 aromatic heterocycles. The molecular formula is C19H23N3O4. The maximum absolute atomic E-state index is 12.9. The Morgan fingerprint density at radius 2 is 2.19 bits per heavy atom. The summed E-state index contributed by atoms with van der Waals surface area (Å²) in [6, 6.07) is 6.83. The highest BCUT2D eigenvalue weighted by atomic mass is 16.7. The van der Waals surface area contributed by atoms with Crippen molar-refractivity contribution >= 4 is 22.7 Å². The molecule has 0 bridgehead atoms. The summed E-state index contributed by atoms with van der Waals surface area (Å²) in [7, 11) is 2.94. The third-order valence-electron chi connectivity index (χ3n) is 4.45. The highest BCUT2D eigenvalue weighted by Crippen LogP contribution is 2.21. The number of likely N-dealkylation sites (N-methyl/N-ethyl adjacent to an activating group) is 1. The van der Waals surface area contributed by atoms with Gasteiger partial charge in [0, 0.05) is 25.2 Å². The Balaban J connectivity index is 1.98. The van der Waals surface area contributed by atoms with E-state index in [0.29, 0.717) is 31.7 Å². The lowest BCUT2D eigenvalue weighted by molar-refractivity contribution is -0.170. The zero-order valence-corrected chi connectivity index (χ0v) is 15.0. The third-order valence-corrected chi connectivity index (χ3v) is 4.45. The molecule has 2 aromatic rings. The standard InChI is InChI=1S/C19H23N3O4/c1-21(25-2)19(24)16-8-3-4-12-26-13-11-22-10-9-14-6-5-7-15(17(14)22)18(23)20-16/h3-7,9-10,16H,8,11-13H2,1-2H3,(H,20,23)/b4-3-/t16-/m0/s1. The minimum absolute atomic E-state index is 0.285. The van der Waals surface area contributed by atoms with E-state index in [1.54, 1.807) is 6.07 Å². The van der Waals surface area contributed by atoms with Crippen molar-refractivity contribution < 1.29 is 19.2 Å². The van der Waals surface area contributed by atoms with E-state index in [4.69, 9.17) is 9.57 Å². The second kappa shape index (κ2) is 8.16. The van der Waals surface area contributed by atoms with Gasteiger partial charge in [0.15, 0.2) is 0 Å². The van der Waals surface area contributed by atoms with Gasteiger partial charge in [0.05, 0.1) is 31.4 Å². The fourth-order valence-corrected chi connectivity index (χ4v) is 3.01. The number of para-hydroxylation sites is 1. The lowest BCUT2D eigenvalue weighted by atomic mass is 10.1. The highest BCUT2D eigenvalue weighted by Gasteiger charge is 2.25. The van der Waals surface area contributed by atoms with Gasteiger partial charge in [0.2, 0.25) is 0 Å². The molecule has 1 aromatic carbocycles. The molecule has 26 heavy (non-hydrogen) atoms. The number of hydrogen-bond donors (Lipinski definition) is 1. The Bertz CT molecular complexity index is 827. The lowest BCUT2D eigenvalue weighted by Crippen LogP contribution is -2.46. The zero-order chi connectivity index (χ0) is 18.5. The molecule has 1 aliphatic rings. The van der Waals surface area contributed by atoms with Gasteiger partial charge in [-0.25, -0.2) is 5.06 Å². The average molecular weight is 357 g/mol. The largest absolute Gasteiger partial charge is 0.376 e. The molecule has 7 heteroatoms. The molecule has 0 fully saturated rings. The van der Waals surface area contributed by atoms with Crippen molar-refractivity contribution in [3.05, 3.63) is 48.2 Å². The van der Waals surface area contributed by atoms with Crippen LogP contribution in [0.15, 0.2) is 42.6 Å². The smallest absolute Gasteiger partial charge is 0.268 e. The first-order chi connectivity index (χ1) is 12.6. The summed E-state index contributed by atoms with van der Waals surface area (Å²) in [5, 5.41) is 4.94. The van der Waals surface area contributed by atoms with Crippen LogP contribution in [0.2, 0.25) is 0 Å². The Morgan fingerprint density at radius 1 is 1.35 bits per heavy atom. The topological polar surface area (TPSA) is 72.8 Å². The second-order valence-electron chi connectivity index (χ2n) is 6.08. The Hall–Kier alpha value is -2.64. The van der Waals surface area contributed by atoms with E-state index in [2.05, 4.69) is 5.32 Å². The number of nitrogens with zero attached hydrogens (tertiary/aromatic N) is 2. The summed E-state index contributed by atoms with van der Waals surface area (Å²) in [6.07, 6.45) is 6.00. The molecule has 1 aliphatic heterocycles. The highest BCUT2D eigenvalue weighted by molar-refractivity contribution is 6.07. The van der Waals surface area contributed by atoms with Crippen molar-refractivity contribution in [1.29, 1.82) is 0 Å². The van der Waals surface area contributed by atoms with Crippen LogP contribution in [0.4, 0.5) is 0 Å². The summed E-state index contributed by atoms with van der Waals surface area (Å²) >= 11 is 0. The van der Waals surface area contributed by atoms with Crippen LogP contribution < -0.4 is 5.32 Å². The van der Waals surface area contributed by atoms with E-state index >= 15 is 0 Å². The number of hydroxylamine groups is 2. The summed E-state index contributed by atoms with van der Waals surface area (Å²) in [5.74, 6) is -0.601. The van der Waals surface area contributed by atoms with Crippen LogP contribution in [0.1, 0.15) is 16.8 Å².